The van der Waals surface area contributed by atoms with Gasteiger partial charge in [0.2, 0.25) is 0 Å². The number of ether oxygens (including phenoxy) is 1. The van der Waals surface area contributed by atoms with Crippen molar-refractivity contribution in [3.8, 4) is 0 Å². The zero-order chi connectivity index (χ0) is 18.7. The second-order valence-corrected chi connectivity index (χ2v) is 7.07. The Kier molecular flexibility index (Phi) is 5.32. The number of nitrogens with one attached hydrogen (secondary N) is 1. The van der Waals surface area contributed by atoms with E-state index in [9.17, 15) is 9.59 Å². The Hall–Kier alpha value is -2.74. The van der Waals surface area contributed by atoms with Crippen LogP contribution in [0, 0.1) is 13.8 Å². The minimum Gasteiger partial charge on any atom is -0.456 e. The van der Waals surface area contributed by atoms with Crippen LogP contribution in [0.4, 0.5) is 5.69 Å². The van der Waals surface area contributed by atoms with Crippen molar-refractivity contribution in [3.63, 3.8) is 0 Å². The third kappa shape index (κ3) is 4.08. The van der Waals surface area contributed by atoms with Gasteiger partial charge in [0.15, 0.2) is 6.61 Å². The minimum atomic E-state index is -0.418. The van der Waals surface area contributed by atoms with Gasteiger partial charge in [-0.25, -0.2) is 4.98 Å². The van der Waals surface area contributed by atoms with Crippen molar-refractivity contribution < 1.29 is 14.3 Å². The van der Waals surface area contributed by atoms with Crippen LogP contribution in [-0.2, 0) is 27.8 Å². The average molecular weight is 372 g/mol. The number of hydrogen-bond acceptors (Lipinski definition) is 6. The second kappa shape index (κ2) is 7.65. The van der Waals surface area contributed by atoms with Crippen molar-refractivity contribution in [3.05, 3.63) is 40.7 Å². The number of esters is 1. The van der Waals surface area contributed by atoms with Gasteiger partial charge in [-0.3, -0.25) is 14.3 Å². The molecule has 0 saturated heterocycles. The number of carbonyl (C=O) groups excluding carboxylic acids is 2. The van der Waals surface area contributed by atoms with E-state index in [0.717, 1.165) is 26.6 Å². The summed E-state index contributed by atoms with van der Waals surface area (Å²) in [7, 11) is 1.81. The molecule has 0 aliphatic rings. The van der Waals surface area contributed by atoms with Crippen molar-refractivity contribution in [2.75, 3.05) is 11.9 Å². The summed E-state index contributed by atoms with van der Waals surface area (Å²) in [6.07, 6.45) is 0.693. The SMILES string of the molecule is Cc1nn(C)c(C)c1NC(=O)COC(=O)CCc1nc2ccccc2s1. The number of thiazole rings is 1. The molecule has 0 fully saturated rings. The van der Waals surface area contributed by atoms with Gasteiger partial charge in [-0.2, -0.15) is 5.10 Å². The van der Waals surface area contributed by atoms with Crippen molar-refractivity contribution in [1.82, 2.24) is 14.8 Å². The van der Waals surface area contributed by atoms with E-state index in [-0.39, 0.29) is 18.9 Å². The van der Waals surface area contributed by atoms with E-state index < -0.39 is 5.97 Å². The van der Waals surface area contributed by atoms with Crippen LogP contribution in [0.2, 0.25) is 0 Å². The third-order valence-corrected chi connectivity index (χ3v) is 5.12. The Labute approximate surface area is 155 Å². The molecular formula is C18H20N4O3S. The third-order valence-electron chi connectivity index (χ3n) is 4.02. The van der Waals surface area contributed by atoms with E-state index in [1.54, 1.807) is 23.1 Å². The van der Waals surface area contributed by atoms with Gasteiger partial charge in [-0.05, 0) is 26.0 Å². The Morgan fingerprint density at radius 1 is 1.27 bits per heavy atom. The van der Waals surface area contributed by atoms with Gasteiger partial charge in [0.25, 0.3) is 5.91 Å². The molecule has 1 aromatic carbocycles. The molecule has 0 bridgehead atoms. The maximum Gasteiger partial charge on any atom is 0.306 e. The number of nitrogens with zero attached hydrogens (tertiary/aromatic N) is 3. The van der Waals surface area contributed by atoms with Gasteiger partial charge in [-0.15, -0.1) is 11.3 Å². The summed E-state index contributed by atoms with van der Waals surface area (Å²) in [5, 5.41) is 7.85. The zero-order valence-corrected chi connectivity index (χ0v) is 15.7. The van der Waals surface area contributed by atoms with Crippen LogP contribution in [0.5, 0.6) is 0 Å². The summed E-state index contributed by atoms with van der Waals surface area (Å²) < 4.78 is 7.84. The number of amides is 1. The van der Waals surface area contributed by atoms with E-state index >= 15 is 0 Å². The van der Waals surface area contributed by atoms with Crippen LogP contribution in [0.1, 0.15) is 22.8 Å². The average Bonchev–Trinajstić information content (AvgIpc) is 3.14. The fourth-order valence-corrected chi connectivity index (χ4v) is 3.55. The van der Waals surface area contributed by atoms with Crippen molar-refractivity contribution in [2.24, 2.45) is 7.05 Å². The highest BCUT2D eigenvalue weighted by molar-refractivity contribution is 7.18. The summed E-state index contributed by atoms with van der Waals surface area (Å²) in [5.41, 5.74) is 3.16. The molecule has 0 saturated carbocycles. The first-order valence-corrected chi connectivity index (χ1v) is 9.06. The number of carbonyl (C=O) groups is 2. The lowest BCUT2D eigenvalue weighted by molar-refractivity contribution is -0.147. The minimum absolute atomic E-state index is 0.193. The molecule has 2 heterocycles. The van der Waals surface area contributed by atoms with Crippen molar-refractivity contribution >= 4 is 39.1 Å². The van der Waals surface area contributed by atoms with Gasteiger partial charge >= 0.3 is 5.97 Å². The highest BCUT2D eigenvalue weighted by Crippen LogP contribution is 2.22. The van der Waals surface area contributed by atoms with E-state index in [2.05, 4.69) is 15.4 Å². The van der Waals surface area contributed by atoms with Crippen LogP contribution in [0.15, 0.2) is 24.3 Å². The Morgan fingerprint density at radius 3 is 2.73 bits per heavy atom. The molecule has 8 heteroatoms. The maximum atomic E-state index is 12.0. The molecule has 0 aliphatic carbocycles. The molecule has 0 atom stereocenters. The summed E-state index contributed by atoms with van der Waals surface area (Å²) in [6, 6.07) is 7.84. The first kappa shape index (κ1) is 18.1. The fraction of sp³-hybridized carbons (Fsp3) is 0.333. The lowest BCUT2D eigenvalue weighted by atomic mass is 10.3. The molecule has 0 radical (unpaired) electrons. The molecule has 0 spiro atoms. The van der Waals surface area contributed by atoms with E-state index in [1.165, 1.54) is 0 Å². The largest absolute Gasteiger partial charge is 0.456 e. The van der Waals surface area contributed by atoms with Crippen molar-refractivity contribution in [2.45, 2.75) is 26.7 Å². The van der Waals surface area contributed by atoms with E-state index in [4.69, 9.17) is 4.74 Å². The smallest absolute Gasteiger partial charge is 0.306 e. The number of benzene rings is 1. The van der Waals surface area contributed by atoms with Crippen LogP contribution in [0.25, 0.3) is 10.2 Å². The van der Waals surface area contributed by atoms with Crippen LogP contribution in [-0.4, -0.2) is 33.2 Å². The van der Waals surface area contributed by atoms with Gasteiger partial charge in [0, 0.05) is 13.5 Å². The molecule has 0 unspecified atom stereocenters. The quantitative estimate of drug-likeness (QED) is 0.673. The van der Waals surface area contributed by atoms with Gasteiger partial charge in [-0.1, -0.05) is 12.1 Å². The second-order valence-electron chi connectivity index (χ2n) is 5.95. The van der Waals surface area contributed by atoms with Crippen molar-refractivity contribution in [1.29, 1.82) is 0 Å². The first-order chi connectivity index (χ1) is 12.4. The predicted octanol–water partition coefficient (Wildman–Crippen LogP) is 2.76. The van der Waals surface area contributed by atoms with Crippen LogP contribution >= 0.6 is 11.3 Å². The molecular weight excluding hydrogens is 352 g/mol. The number of aryl methyl sites for hydroxylation is 3. The molecule has 3 rings (SSSR count). The predicted molar refractivity (Wildman–Crippen MR) is 100 cm³/mol. The Bertz CT molecular complexity index is 928. The highest BCUT2D eigenvalue weighted by atomic mass is 32.1. The Balaban J connectivity index is 1.47. The molecule has 2 aromatic heterocycles. The molecule has 26 heavy (non-hydrogen) atoms. The molecule has 3 aromatic rings. The number of anilines is 1. The number of hydrogen-bond donors (Lipinski definition) is 1. The topological polar surface area (TPSA) is 86.1 Å². The summed E-state index contributed by atoms with van der Waals surface area (Å²) in [5.74, 6) is -0.795. The Morgan fingerprint density at radius 2 is 2.04 bits per heavy atom. The molecule has 7 nitrogen and oxygen atoms in total. The highest BCUT2D eigenvalue weighted by Gasteiger charge is 2.14. The standard InChI is InChI=1S/C18H20N4O3S/c1-11-18(12(2)22(3)21-11)20-15(23)10-25-17(24)9-8-16-19-13-6-4-5-7-14(13)26-16/h4-7H,8-10H2,1-3H3,(H,20,23). The normalized spacial score (nSPS) is 10.9. The monoisotopic (exact) mass is 372 g/mol. The number of fused-ring (bicyclic) bond motifs is 1. The number of para-hydroxylation sites is 1. The van der Waals surface area contributed by atoms with Gasteiger partial charge in [0.05, 0.1) is 38.7 Å². The first-order valence-electron chi connectivity index (χ1n) is 8.24. The maximum absolute atomic E-state index is 12.0. The molecule has 0 aliphatic heterocycles. The zero-order valence-electron chi connectivity index (χ0n) is 14.9. The van der Waals surface area contributed by atoms with E-state index in [0.29, 0.717) is 12.1 Å². The number of aromatic nitrogens is 3. The summed E-state index contributed by atoms with van der Waals surface area (Å²) in [6.45, 7) is 3.36. The molecule has 1 N–H and O–H groups in total. The lowest BCUT2D eigenvalue weighted by Gasteiger charge is -2.06. The lowest BCUT2D eigenvalue weighted by Crippen LogP contribution is -2.21. The van der Waals surface area contributed by atoms with Crippen LogP contribution < -0.4 is 5.32 Å². The fourth-order valence-electron chi connectivity index (χ4n) is 2.58. The van der Waals surface area contributed by atoms with Crippen LogP contribution in [0.3, 0.4) is 0 Å². The molecule has 1 amide bonds. The summed E-state index contributed by atoms with van der Waals surface area (Å²) in [4.78, 5) is 28.4. The molecule has 136 valence electrons. The summed E-state index contributed by atoms with van der Waals surface area (Å²) >= 11 is 1.56. The van der Waals surface area contributed by atoms with Gasteiger partial charge < -0.3 is 10.1 Å². The number of rotatable bonds is 6. The van der Waals surface area contributed by atoms with Gasteiger partial charge in [0.1, 0.15) is 0 Å². The van der Waals surface area contributed by atoms with E-state index in [1.807, 2.05) is 38.1 Å².